The van der Waals surface area contributed by atoms with Crippen molar-refractivity contribution < 1.29 is 4.79 Å². The van der Waals surface area contributed by atoms with Gasteiger partial charge in [-0.25, -0.2) is 0 Å². The molecule has 140 valence electrons. The second kappa shape index (κ2) is 8.12. The third-order valence-corrected chi connectivity index (χ3v) is 5.83. The highest BCUT2D eigenvalue weighted by Crippen LogP contribution is 2.37. The number of carbonyl (C=O) groups is 1. The van der Waals surface area contributed by atoms with Gasteiger partial charge in [-0.15, -0.1) is 0 Å². The van der Waals surface area contributed by atoms with Gasteiger partial charge in [0.2, 0.25) is 5.91 Å². The molecule has 0 bridgehead atoms. The van der Waals surface area contributed by atoms with Gasteiger partial charge < -0.3 is 5.73 Å². The molecule has 26 heavy (non-hydrogen) atoms. The van der Waals surface area contributed by atoms with E-state index in [9.17, 15) is 4.79 Å². The number of aryl methyl sites for hydroxylation is 1. The number of hydrogen-bond donors (Lipinski definition) is 1. The fraction of sp³-hybridized carbons (Fsp3) is 0.571. The van der Waals surface area contributed by atoms with E-state index >= 15 is 0 Å². The topological polar surface area (TPSA) is 71.6 Å². The lowest BCUT2D eigenvalue weighted by Gasteiger charge is -2.44. The molecule has 5 nitrogen and oxygen atoms in total. The highest BCUT2D eigenvalue weighted by molar-refractivity contribution is 5.97. The summed E-state index contributed by atoms with van der Waals surface area (Å²) in [6, 6.07) is 5.10. The summed E-state index contributed by atoms with van der Waals surface area (Å²) in [5, 5.41) is 0. The largest absolute Gasteiger partial charge is 0.370 e. The molecule has 5 heteroatoms. The molecule has 2 unspecified atom stereocenters. The first-order valence-corrected chi connectivity index (χ1v) is 9.64. The molecule has 1 aromatic rings. The number of piperidine rings is 1. The zero-order valence-electron chi connectivity index (χ0n) is 16.1. The summed E-state index contributed by atoms with van der Waals surface area (Å²) in [6.07, 6.45) is 10.7. The summed E-state index contributed by atoms with van der Waals surface area (Å²) in [5.41, 5.74) is 8.74. The third-order valence-electron chi connectivity index (χ3n) is 5.83. The number of rotatable bonds is 5. The van der Waals surface area contributed by atoms with Crippen molar-refractivity contribution in [3.8, 4) is 0 Å². The minimum Gasteiger partial charge on any atom is -0.370 e. The average molecular weight is 354 g/mol. The van der Waals surface area contributed by atoms with Crippen molar-refractivity contribution >= 4 is 11.6 Å². The standard InChI is InChI=1S/C21H30N4O/c1-14-6-5-13-23-20(14)17-7-4-8-18(25(17)3)21-15(2)9-10-16(24-21)11-12-19(22)26/h5-6,9-10,13,15,17-18,21H,4,7-8,11-12H2,1-3H3,(H2,22,26)/t15?,17-,18+,21?/m0/s1. The highest BCUT2D eigenvalue weighted by Gasteiger charge is 2.37. The molecule has 2 N–H and O–H groups in total. The number of amides is 1. The molecule has 0 spiro atoms. The molecular formula is C21H30N4O. The van der Waals surface area contributed by atoms with E-state index in [1.807, 2.05) is 12.3 Å². The molecule has 3 rings (SSSR count). The Morgan fingerprint density at radius 2 is 2.19 bits per heavy atom. The number of nitrogens with zero attached hydrogens (tertiary/aromatic N) is 3. The number of carbonyl (C=O) groups excluding carboxylic acids is 1. The molecule has 2 aliphatic heterocycles. The van der Waals surface area contributed by atoms with Gasteiger partial charge in [-0.3, -0.25) is 19.7 Å². The Kier molecular flexibility index (Phi) is 5.87. The summed E-state index contributed by atoms with van der Waals surface area (Å²) < 4.78 is 0. The quantitative estimate of drug-likeness (QED) is 0.882. The maximum Gasteiger partial charge on any atom is 0.217 e. The lowest BCUT2D eigenvalue weighted by atomic mass is 9.83. The number of likely N-dealkylation sites (tertiary alicyclic amines) is 1. The Balaban J connectivity index is 1.80. The van der Waals surface area contributed by atoms with Gasteiger partial charge in [0, 0.05) is 24.4 Å². The van der Waals surface area contributed by atoms with Crippen LogP contribution in [0.4, 0.5) is 0 Å². The first-order chi connectivity index (χ1) is 12.5. The number of likely N-dealkylation sites (N-methyl/N-ethyl adjacent to an activating group) is 1. The normalized spacial score (nSPS) is 29.4. The van der Waals surface area contributed by atoms with E-state index in [-0.39, 0.29) is 11.9 Å². The first-order valence-electron chi connectivity index (χ1n) is 9.64. The van der Waals surface area contributed by atoms with Crippen molar-refractivity contribution in [2.24, 2.45) is 16.6 Å². The number of hydrogen-bond acceptors (Lipinski definition) is 4. The van der Waals surface area contributed by atoms with Gasteiger partial charge in [0.25, 0.3) is 0 Å². The predicted molar refractivity (Wildman–Crippen MR) is 105 cm³/mol. The molecule has 0 aromatic carbocycles. The van der Waals surface area contributed by atoms with Crippen molar-refractivity contribution in [1.29, 1.82) is 0 Å². The van der Waals surface area contributed by atoms with Crippen LogP contribution in [0.5, 0.6) is 0 Å². The molecule has 1 aromatic heterocycles. The van der Waals surface area contributed by atoms with Gasteiger partial charge in [-0.2, -0.15) is 0 Å². The van der Waals surface area contributed by atoms with Gasteiger partial charge in [-0.1, -0.05) is 19.1 Å². The Morgan fingerprint density at radius 1 is 1.38 bits per heavy atom. The molecule has 1 saturated heterocycles. The molecule has 4 atom stereocenters. The van der Waals surface area contributed by atoms with Gasteiger partial charge >= 0.3 is 0 Å². The number of dihydropyridines is 1. The monoisotopic (exact) mass is 354 g/mol. The van der Waals surface area contributed by atoms with Crippen molar-refractivity contribution in [2.45, 2.75) is 64.1 Å². The van der Waals surface area contributed by atoms with E-state index in [1.54, 1.807) is 0 Å². The van der Waals surface area contributed by atoms with E-state index in [0.29, 0.717) is 30.8 Å². The number of aliphatic imine (C=N–C) groups is 1. The van der Waals surface area contributed by atoms with E-state index in [0.717, 1.165) is 18.6 Å². The van der Waals surface area contributed by atoms with Gasteiger partial charge in [0.15, 0.2) is 0 Å². The molecular weight excluding hydrogens is 324 g/mol. The summed E-state index contributed by atoms with van der Waals surface area (Å²) in [4.78, 5) is 23.3. The van der Waals surface area contributed by atoms with Crippen LogP contribution >= 0.6 is 0 Å². The summed E-state index contributed by atoms with van der Waals surface area (Å²) in [5.74, 6) is 0.125. The number of nitrogens with two attached hydrogens (primary N) is 1. The molecule has 2 aliphatic rings. The Hall–Kier alpha value is -2.01. The van der Waals surface area contributed by atoms with Crippen LogP contribution in [0.2, 0.25) is 0 Å². The lowest BCUT2D eigenvalue weighted by Crippen LogP contribution is -2.48. The van der Waals surface area contributed by atoms with Crippen LogP contribution in [0.1, 0.15) is 56.3 Å². The van der Waals surface area contributed by atoms with E-state index < -0.39 is 0 Å². The average Bonchev–Trinajstić information content (AvgIpc) is 2.62. The fourth-order valence-electron chi connectivity index (χ4n) is 4.31. The number of primary amides is 1. The molecule has 3 heterocycles. The number of pyridine rings is 1. The minimum absolute atomic E-state index is 0.222. The van der Waals surface area contributed by atoms with E-state index in [1.165, 1.54) is 17.7 Å². The molecule has 0 saturated carbocycles. The molecule has 0 radical (unpaired) electrons. The van der Waals surface area contributed by atoms with Crippen molar-refractivity contribution in [3.63, 3.8) is 0 Å². The SMILES string of the molecule is Cc1cccnc1[C@@H]1CCC[C@H](C2N=C(CCC(N)=O)C=CC2C)N1C. The minimum atomic E-state index is -0.267. The van der Waals surface area contributed by atoms with Crippen LogP contribution in [0.15, 0.2) is 35.5 Å². The fourth-order valence-corrected chi connectivity index (χ4v) is 4.31. The van der Waals surface area contributed by atoms with Crippen LogP contribution < -0.4 is 5.73 Å². The van der Waals surface area contributed by atoms with Crippen LogP contribution in [0.3, 0.4) is 0 Å². The Morgan fingerprint density at radius 3 is 2.92 bits per heavy atom. The molecule has 1 fully saturated rings. The van der Waals surface area contributed by atoms with Crippen LogP contribution in [0, 0.1) is 12.8 Å². The summed E-state index contributed by atoms with van der Waals surface area (Å²) >= 11 is 0. The third kappa shape index (κ3) is 4.04. The smallest absolute Gasteiger partial charge is 0.217 e. The van der Waals surface area contributed by atoms with Gasteiger partial charge in [0.1, 0.15) is 0 Å². The zero-order chi connectivity index (χ0) is 18.7. The van der Waals surface area contributed by atoms with Gasteiger partial charge in [0.05, 0.1) is 17.8 Å². The maximum atomic E-state index is 11.1. The van der Waals surface area contributed by atoms with Crippen molar-refractivity contribution in [2.75, 3.05) is 7.05 Å². The number of aromatic nitrogens is 1. The van der Waals surface area contributed by atoms with Gasteiger partial charge in [-0.05, 0) is 63.3 Å². The number of allylic oxidation sites excluding steroid dienone is 1. The van der Waals surface area contributed by atoms with Crippen LogP contribution in [-0.2, 0) is 4.79 Å². The predicted octanol–water partition coefficient (Wildman–Crippen LogP) is 3.20. The second-order valence-corrected chi connectivity index (χ2v) is 7.68. The van der Waals surface area contributed by atoms with Crippen molar-refractivity contribution in [3.05, 3.63) is 41.7 Å². The summed E-state index contributed by atoms with van der Waals surface area (Å²) in [7, 11) is 2.21. The second-order valence-electron chi connectivity index (χ2n) is 7.68. The van der Waals surface area contributed by atoms with Crippen LogP contribution in [-0.4, -0.2) is 40.6 Å². The van der Waals surface area contributed by atoms with Crippen molar-refractivity contribution in [1.82, 2.24) is 9.88 Å². The van der Waals surface area contributed by atoms with E-state index in [2.05, 4.69) is 49.0 Å². The van der Waals surface area contributed by atoms with Crippen LogP contribution in [0.25, 0.3) is 0 Å². The molecule has 1 amide bonds. The van der Waals surface area contributed by atoms with E-state index in [4.69, 9.17) is 10.7 Å². The lowest BCUT2D eigenvalue weighted by molar-refractivity contribution is -0.117. The zero-order valence-corrected chi connectivity index (χ0v) is 16.1. The Bertz CT molecular complexity index is 712. The Labute approximate surface area is 156 Å². The maximum absolute atomic E-state index is 11.1. The summed E-state index contributed by atoms with van der Waals surface area (Å²) in [6.45, 7) is 4.38. The molecule has 0 aliphatic carbocycles. The highest BCUT2D eigenvalue weighted by atomic mass is 16.1. The first kappa shape index (κ1) is 18.8.